The molecule has 0 aliphatic heterocycles. The average Bonchev–Trinajstić information content (AvgIpc) is 2.67. The van der Waals surface area contributed by atoms with E-state index in [9.17, 15) is 19.5 Å². The summed E-state index contributed by atoms with van der Waals surface area (Å²) in [5, 5.41) is 23.0. The fourth-order valence-electron chi connectivity index (χ4n) is 2.74. The highest BCUT2D eigenvalue weighted by Crippen LogP contribution is 2.21. The van der Waals surface area contributed by atoms with E-state index in [-0.39, 0.29) is 28.5 Å². The van der Waals surface area contributed by atoms with Crippen LogP contribution in [0.5, 0.6) is 0 Å². The van der Waals surface area contributed by atoms with Gasteiger partial charge in [-0.1, -0.05) is 42.5 Å². The number of rotatable bonds is 7. The van der Waals surface area contributed by atoms with Crippen LogP contribution in [0.15, 0.2) is 60.7 Å². The summed E-state index contributed by atoms with van der Waals surface area (Å²) < 4.78 is 0. The van der Waals surface area contributed by atoms with Crippen LogP contribution in [0.2, 0.25) is 0 Å². The summed E-state index contributed by atoms with van der Waals surface area (Å²) in [7, 11) is 0. The smallest absolute Gasteiger partial charge is 0.337 e. The van der Waals surface area contributed by atoms with Crippen molar-refractivity contribution >= 4 is 46.1 Å². The molecule has 142 valence electrons. The predicted molar refractivity (Wildman–Crippen MR) is 109 cm³/mol. The summed E-state index contributed by atoms with van der Waals surface area (Å²) in [5.74, 6) is -2.10. The number of carbonyl (C=O) groups is 3. The lowest BCUT2D eigenvalue weighted by Gasteiger charge is -2.09. The third kappa shape index (κ3) is 4.69. The molecule has 0 atom stereocenters. The minimum Gasteiger partial charge on any atom is -0.478 e. The number of carboxylic acids is 2. The van der Waals surface area contributed by atoms with E-state index in [1.54, 1.807) is 0 Å². The Balaban J connectivity index is 1.60. The van der Waals surface area contributed by atoms with E-state index in [1.807, 2.05) is 36.4 Å². The van der Waals surface area contributed by atoms with Gasteiger partial charge in [0, 0.05) is 5.75 Å². The number of hydrogen-bond acceptors (Lipinski definition) is 4. The second-order valence-corrected chi connectivity index (χ2v) is 7.08. The number of aromatic carboxylic acids is 2. The molecule has 0 heterocycles. The van der Waals surface area contributed by atoms with Gasteiger partial charge in [0.2, 0.25) is 5.91 Å². The Kier molecular flexibility index (Phi) is 5.96. The number of carboxylic acid groups (broad SMARTS) is 2. The number of fused-ring (bicyclic) bond motifs is 1. The third-order valence-electron chi connectivity index (χ3n) is 4.09. The van der Waals surface area contributed by atoms with E-state index in [2.05, 4.69) is 11.4 Å². The molecule has 0 spiro atoms. The SMILES string of the molecule is O=C(CSCc1ccc2ccccc2c1)Nc1ccc(C(=O)O)cc1C(=O)O. The number of benzene rings is 3. The van der Waals surface area contributed by atoms with Gasteiger partial charge in [0.05, 0.1) is 22.6 Å². The molecule has 0 fully saturated rings. The van der Waals surface area contributed by atoms with Crippen molar-refractivity contribution in [2.24, 2.45) is 0 Å². The van der Waals surface area contributed by atoms with Crippen LogP contribution in [0, 0.1) is 0 Å². The van der Waals surface area contributed by atoms with Gasteiger partial charge < -0.3 is 15.5 Å². The molecule has 3 aromatic carbocycles. The number of amides is 1. The minimum atomic E-state index is -1.30. The lowest BCUT2D eigenvalue weighted by atomic mass is 10.1. The molecular weight excluding hydrogens is 378 g/mol. The van der Waals surface area contributed by atoms with Crippen molar-refractivity contribution in [3.05, 3.63) is 77.4 Å². The quantitative estimate of drug-likeness (QED) is 0.556. The van der Waals surface area contributed by atoms with Crippen molar-refractivity contribution in [1.29, 1.82) is 0 Å². The molecule has 0 unspecified atom stereocenters. The summed E-state index contributed by atoms with van der Waals surface area (Å²) in [6.45, 7) is 0. The third-order valence-corrected chi connectivity index (χ3v) is 5.09. The highest BCUT2D eigenvalue weighted by Gasteiger charge is 2.15. The first kappa shape index (κ1) is 19.4. The van der Waals surface area contributed by atoms with Crippen LogP contribution in [0.25, 0.3) is 10.8 Å². The standard InChI is InChI=1S/C21H17NO5S/c23-19(22-18-8-7-16(20(24)25)10-17(18)21(26)27)12-28-11-13-5-6-14-3-1-2-4-15(14)9-13/h1-10H,11-12H2,(H,22,23)(H,24,25)(H,26,27). The fraction of sp³-hybridized carbons (Fsp3) is 0.0952. The predicted octanol–water partition coefficient (Wildman–Crippen LogP) is 4.11. The summed E-state index contributed by atoms with van der Waals surface area (Å²) >= 11 is 1.41. The van der Waals surface area contributed by atoms with E-state index in [4.69, 9.17) is 5.11 Å². The van der Waals surface area contributed by atoms with Gasteiger partial charge in [-0.3, -0.25) is 4.79 Å². The van der Waals surface area contributed by atoms with Gasteiger partial charge in [0.15, 0.2) is 0 Å². The summed E-state index contributed by atoms with van der Waals surface area (Å²) in [4.78, 5) is 34.5. The van der Waals surface area contributed by atoms with E-state index in [0.717, 1.165) is 22.4 Å². The Morgan fingerprint density at radius 2 is 1.61 bits per heavy atom. The lowest BCUT2D eigenvalue weighted by molar-refractivity contribution is -0.113. The molecule has 7 heteroatoms. The van der Waals surface area contributed by atoms with Crippen LogP contribution >= 0.6 is 11.8 Å². The van der Waals surface area contributed by atoms with Gasteiger partial charge >= 0.3 is 11.9 Å². The lowest BCUT2D eigenvalue weighted by Crippen LogP contribution is -2.17. The first-order chi connectivity index (χ1) is 13.4. The van der Waals surface area contributed by atoms with Crippen LogP contribution < -0.4 is 5.32 Å². The molecule has 0 aliphatic carbocycles. The molecule has 6 nitrogen and oxygen atoms in total. The van der Waals surface area contributed by atoms with Crippen LogP contribution in [0.4, 0.5) is 5.69 Å². The maximum absolute atomic E-state index is 12.2. The minimum absolute atomic E-state index is 0.0776. The summed E-state index contributed by atoms with van der Waals surface area (Å²) in [6.07, 6.45) is 0. The highest BCUT2D eigenvalue weighted by molar-refractivity contribution is 7.99. The molecular formula is C21H17NO5S. The van der Waals surface area contributed by atoms with Gasteiger partial charge in [-0.05, 0) is 34.5 Å². The van der Waals surface area contributed by atoms with Gasteiger partial charge in [-0.2, -0.15) is 0 Å². The van der Waals surface area contributed by atoms with Crippen molar-refractivity contribution in [2.75, 3.05) is 11.1 Å². The van der Waals surface area contributed by atoms with E-state index in [0.29, 0.717) is 5.75 Å². The van der Waals surface area contributed by atoms with Crippen molar-refractivity contribution in [3.8, 4) is 0 Å². The van der Waals surface area contributed by atoms with Crippen molar-refractivity contribution < 1.29 is 24.6 Å². The zero-order valence-corrected chi connectivity index (χ0v) is 15.5. The first-order valence-corrected chi connectivity index (χ1v) is 9.55. The molecule has 28 heavy (non-hydrogen) atoms. The number of nitrogens with one attached hydrogen (secondary N) is 1. The topological polar surface area (TPSA) is 104 Å². The second-order valence-electron chi connectivity index (χ2n) is 6.09. The number of carbonyl (C=O) groups excluding carboxylic acids is 1. The molecule has 0 saturated carbocycles. The van der Waals surface area contributed by atoms with Crippen LogP contribution in [0.1, 0.15) is 26.3 Å². The molecule has 3 aromatic rings. The molecule has 0 aromatic heterocycles. The zero-order valence-electron chi connectivity index (χ0n) is 14.7. The Morgan fingerprint density at radius 1 is 0.857 bits per heavy atom. The number of anilines is 1. The maximum Gasteiger partial charge on any atom is 0.337 e. The molecule has 0 radical (unpaired) electrons. The zero-order chi connectivity index (χ0) is 20.1. The highest BCUT2D eigenvalue weighted by atomic mass is 32.2. The number of thioether (sulfide) groups is 1. The summed E-state index contributed by atoms with van der Waals surface area (Å²) in [6, 6.07) is 17.7. The average molecular weight is 395 g/mol. The molecule has 1 amide bonds. The Hall–Kier alpha value is -3.32. The maximum atomic E-state index is 12.2. The van der Waals surface area contributed by atoms with Crippen molar-refractivity contribution in [3.63, 3.8) is 0 Å². The molecule has 0 aliphatic rings. The van der Waals surface area contributed by atoms with Gasteiger partial charge in [0.25, 0.3) is 0 Å². The number of hydrogen-bond donors (Lipinski definition) is 3. The molecule has 0 bridgehead atoms. The summed E-state index contributed by atoms with van der Waals surface area (Å²) in [5.41, 5.74) is 0.760. The Morgan fingerprint density at radius 3 is 2.32 bits per heavy atom. The Bertz CT molecular complexity index is 1060. The normalized spacial score (nSPS) is 10.6. The van der Waals surface area contributed by atoms with E-state index in [1.165, 1.54) is 23.9 Å². The van der Waals surface area contributed by atoms with Crippen molar-refractivity contribution in [1.82, 2.24) is 0 Å². The second kappa shape index (κ2) is 8.58. The van der Waals surface area contributed by atoms with Gasteiger partial charge in [0.1, 0.15) is 0 Å². The van der Waals surface area contributed by atoms with E-state index < -0.39 is 11.9 Å². The molecule has 3 N–H and O–H groups in total. The largest absolute Gasteiger partial charge is 0.478 e. The van der Waals surface area contributed by atoms with Crippen LogP contribution in [0.3, 0.4) is 0 Å². The molecule has 3 rings (SSSR count). The van der Waals surface area contributed by atoms with Crippen LogP contribution in [-0.2, 0) is 10.5 Å². The van der Waals surface area contributed by atoms with Gasteiger partial charge in [-0.15, -0.1) is 11.8 Å². The van der Waals surface area contributed by atoms with E-state index >= 15 is 0 Å². The van der Waals surface area contributed by atoms with Crippen molar-refractivity contribution in [2.45, 2.75) is 5.75 Å². The Labute approximate surface area is 165 Å². The first-order valence-electron chi connectivity index (χ1n) is 8.40. The monoisotopic (exact) mass is 395 g/mol. The van der Waals surface area contributed by atoms with Gasteiger partial charge in [-0.25, -0.2) is 9.59 Å². The fourth-order valence-corrected chi connectivity index (χ4v) is 3.51. The van der Waals surface area contributed by atoms with Crippen LogP contribution in [-0.4, -0.2) is 33.8 Å². The molecule has 0 saturated heterocycles.